The van der Waals surface area contributed by atoms with Gasteiger partial charge in [-0.15, -0.1) is 0 Å². The first-order chi connectivity index (χ1) is 8.62. The average molecular weight is 286 g/mol. The third-order valence-electron chi connectivity index (χ3n) is 2.57. The number of carbonyl (C=O) groups is 1. The Kier molecular flexibility index (Phi) is 4.38. The molecular weight excluding hydrogens is 268 g/mol. The summed E-state index contributed by atoms with van der Waals surface area (Å²) in [6, 6.07) is 4.36. The molecular formula is C11H18N4O3S. The number of amides is 1. The van der Waals surface area contributed by atoms with Crippen LogP contribution in [0.1, 0.15) is 0 Å². The molecule has 106 valence electrons. The van der Waals surface area contributed by atoms with Crippen molar-refractivity contribution in [1.82, 2.24) is 4.90 Å². The molecule has 0 aliphatic heterocycles. The van der Waals surface area contributed by atoms with Crippen molar-refractivity contribution in [3.8, 4) is 0 Å². The van der Waals surface area contributed by atoms with Crippen molar-refractivity contribution < 1.29 is 13.2 Å². The lowest BCUT2D eigenvalue weighted by molar-refractivity contribution is -0.127. The van der Waals surface area contributed by atoms with E-state index in [9.17, 15) is 13.2 Å². The lowest BCUT2D eigenvalue weighted by Crippen LogP contribution is -2.35. The molecule has 0 aliphatic rings. The van der Waals surface area contributed by atoms with Crippen LogP contribution in [0.4, 0.5) is 11.4 Å². The Morgan fingerprint density at radius 1 is 1.26 bits per heavy atom. The van der Waals surface area contributed by atoms with Crippen molar-refractivity contribution in [2.24, 2.45) is 5.14 Å². The number of carbonyl (C=O) groups excluding carboxylic acids is 1. The summed E-state index contributed by atoms with van der Waals surface area (Å²) < 4.78 is 23.1. The van der Waals surface area contributed by atoms with E-state index in [1.807, 2.05) is 0 Å². The summed E-state index contributed by atoms with van der Waals surface area (Å²) in [7, 11) is 0.959. The molecule has 0 saturated carbocycles. The first-order valence-corrected chi connectivity index (χ1v) is 7.01. The quantitative estimate of drug-likeness (QED) is 0.721. The lowest BCUT2D eigenvalue weighted by atomic mass is 10.2. The number of nitrogens with zero attached hydrogens (tertiary/aromatic N) is 2. The summed E-state index contributed by atoms with van der Waals surface area (Å²) in [6.07, 6.45) is 0. The largest absolute Gasteiger partial charge is 0.399 e. The molecule has 0 heterocycles. The van der Waals surface area contributed by atoms with Gasteiger partial charge < -0.3 is 15.5 Å². The van der Waals surface area contributed by atoms with E-state index in [0.717, 1.165) is 0 Å². The number of hydrogen-bond donors (Lipinski definition) is 2. The van der Waals surface area contributed by atoms with E-state index < -0.39 is 10.0 Å². The summed E-state index contributed by atoms with van der Waals surface area (Å²) in [5.74, 6) is -0.153. The number of sulfonamides is 1. The van der Waals surface area contributed by atoms with Gasteiger partial charge in [-0.2, -0.15) is 0 Å². The van der Waals surface area contributed by atoms with Crippen LogP contribution in [0.5, 0.6) is 0 Å². The highest BCUT2D eigenvalue weighted by molar-refractivity contribution is 7.89. The first-order valence-electron chi connectivity index (χ1n) is 5.46. The maximum Gasteiger partial charge on any atom is 0.241 e. The lowest BCUT2D eigenvalue weighted by Gasteiger charge is -2.23. The maximum atomic E-state index is 11.6. The minimum Gasteiger partial charge on any atom is -0.399 e. The Morgan fingerprint density at radius 3 is 2.32 bits per heavy atom. The van der Waals surface area contributed by atoms with E-state index in [2.05, 4.69) is 0 Å². The van der Waals surface area contributed by atoms with E-state index >= 15 is 0 Å². The summed E-state index contributed by atoms with van der Waals surface area (Å²) >= 11 is 0. The summed E-state index contributed by atoms with van der Waals surface area (Å²) in [6.45, 7) is 0.0411. The molecule has 8 heteroatoms. The number of rotatable bonds is 4. The van der Waals surface area contributed by atoms with Gasteiger partial charge in [-0.25, -0.2) is 13.6 Å². The van der Waals surface area contributed by atoms with E-state index in [-0.39, 0.29) is 17.3 Å². The van der Waals surface area contributed by atoms with Crippen LogP contribution < -0.4 is 15.8 Å². The Hall–Kier alpha value is -1.80. The Balaban J connectivity index is 3.17. The second kappa shape index (κ2) is 5.45. The molecule has 0 aromatic heterocycles. The van der Waals surface area contributed by atoms with Crippen LogP contribution in [0.15, 0.2) is 23.1 Å². The molecule has 7 nitrogen and oxygen atoms in total. The summed E-state index contributed by atoms with van der Waals surface area (Å²) in [5.41, 5.74) is 6.19. The minimum atomic E-state index is -3.90. The van der Waals surface area contributed by atoms with Gasteiger partial charge in [0.2, 0.25) is 15.9 Å². The predicted octanol–water partition coefficient (Wildman–Crippen LogP) is -0.559. The second-order valence-corrected chi connectivity index (χ2v) is 5.95. The fourth-order valence-electron chi connectivity index (χ4n) is 1.50. The van der Waals surface area contributed by atoms with E-state index in [1.165, 1.54) is 21.9 Å². The summed E-state index contributed by atoms with van der Waals surface area (Å²) in [5, 5.41) is 5.15. The summed E-state index contributed by atoms with van der Waals surface area (Å²) in [4.78, 5) is 14.5. The standard InChI is InChI=1S/C11H18N4O3S/c1-14(2)11(16)7-15(3)9-5-4-8(12)6-10(9)19(13,17)18/h4-6H,7,12H2,1-3H3,(H2,13,17,18). The van der Waals surface area contributed by atoms with Crippen LogP contribution >= 0.6 is 0 Å². The SMILES string of the molecule is CN(C)C(=O)CN(C)c1ccc(N)cc1S(N)(=O)=O. The van der Waals surface area contributed by atoms with Crippen LogP contribution in [0, 0.1) is 0 Å². The molecule has 0 fully saturated rings. The zero-order valence-corrected chi connectivity index (χ0v) is 11.9. The highest BCUT2D eigenvalue weighted by atomic mass is 32.2. The zero-order chi connectivity index (χ0) is 14.8. The number of nitrogen functional groups attached to an aromatic ring is 1. The Bertz CT molecular complexity index is 584. The van der Waals surface area contributed by atoms with Crippen LogP contribution in [0.3, 0.4) is 0 Å². The van der Waals surface area contributed by atoms with E-state index in [1.54, 1.807) is 27.2 Å². The van der Waals surface area contributed by atoms with Crippen molar-refractivity contribution >= 4 is 27.3 Å². The number of primary sulfonamides is 1. The van der Waals surface area contributed by atoms with Crippen molar-refractivity contribution in [2.45, 2.75) is 4.90 Å². The normalized spacial score (nSPS) is 11.2. The maximum absolute atomic E-state index is 11.6. The molecule has 1 aromatic rings. The highest BCUT2D eigenvalue weighted by Gasteiger charge is 2.19. The van der Waals surface area contributed by atoms with Crippen LogP contribution in [-0.2, 0) is 14.8 Å². The van der Waals surface area contributed by atoms with Crippen LogP contribution in [0.2, 0.25) is 0 Å². The molecule has 0 atom stereocenters. The first kappa shape index (κ1) is 15.3. The van der Waals surface area contributed by atoms with Crippen molar-refractivity contribution in [2.75, 3.05) is 38.3 Å². The molecule has 19 heavy (non-hydrogen) atoms. The molecule has 0 aliphatic carbocycles. The van der Waals surface area contributed by atoms with Crippen LogP contribution in [-0.4, -0.2) is 46.9 Å². The third kappa shape index (κ3) is 3.83. The predicted molar refractivity (Wildman–Crippen MR) is 74.2 cm³/mol. The van der Waals surface area contributed by atoms with Gasteiger partial charge in [0.15, 0.2) is 0 Å². The minimum absolute atomic E-state index is 0.0411. The van der Waals surface area contributed by atoms with Crippen LogP contribution in [0.25, 0.3) is 0 Å². The van der Waals surface area contributed by atoms with Gasteiger partial charge in [-0.05, 0) is 18.2 Å². The van der Waals surface area contributed by atoms with E-state index in [4.69, 9.17) is 10.9 Å². The number of hydrogen-bond acceptors (Lipinski definition) is 5. The molecule has 0 saturated heterocycles. The van der Waals surface area contributed by atoms with Gasteiger partial charge in [0.05, 0.1) is 12.2 Å². The molecule has 0 radical (unpaired) electrons. The monoisotopic (exact) mass is 286 g/mol. The van der Waals surface area contributed by atoms with Gasteiger partial charge in [-0.1, -0.05) is 0 Å². The van der Waals surface area contributed by atoms with Gasteiger partial charge in [0.25, 0.3) is 0 Å². The van der Waals surface area contributed by atoms with Gasteiger partial charge in [0.1, 0.15) is 4.90 Å². The molecule has 4 N–H and O–H groups in total. The fraction of sp³-hybridized carbons (Fsp3) is 0.364. The number of nitrogens with two attached hydrogens (primary N) is 2. The smallest absolute Gasteiger partial charge is 0.241 e. The molecule has 1 amide bonds. The molecule has 0 spiro atoms. The fourth-order valence-corrected chi connectivity index (χ4v) is 2.32. The topological polar surface area (TPSA) is 110 Å². The highest BCUT2D eigenvalue weighted by Crippen LogP contribution is 2.25. The Morgan fingerprint density at radius 2 is 1.84 bits per heavy atom. The van der Waals surface area contributed by atoms with Crippen molar-refractivity contribution in [3.05, 3.63) is 18.2 Å². The van der Waals surface area contributed by atoms with Crippen molar-refractivity contribution in [3.63, 3.8) is 0 Å². The van der Waals surface area contributed by atoms with E-state index in [0.29, 0.717) is 11.4 Å². The van der Waals surface area contributed by atoms with Gasteiger partial charge in [-0.3, -0.25) is 4.79 Å². The third-order valence-corrected chi connectivity index (χ3v) is 3.51. The average Bonchev–Trinajstić information content (AvgIpc) is 2.27. The molecule has 1 rings (SSSR count). The molecule has 1 aromatic carbocycles. The second-order valence-electron chi connectivity index (χ2n) is 4.42. The number of anilines is 2. The van der Waals surface area contributed by atoms with Crippen molar-refractivity contribution in [1.29, 1.82) is 0 Å². The number of benzene rings is 1. The zero-order valence-electron chi connectivity index (χ0n) is 11.1. The molecule has 0 unspecified atom stereocenters. The molecule has 0 bridgehead atoms. The van der Waals surface area contributed by atoms with Gasteiger partial charge >= 0.3 is 0 Å². The van der Waals surface area contributed by atoms with Gasteiger partial charge in [0, 0.05) is 26.8 Å². The number of likely N-dealkylation sites (N-methyl/N-ethyl adjacent to an activating group) is 2. The Labute approximate surface area is 112 Å².